The average Bonchev–Trinajstić information content (AvgIpc) is 2.07. The van der Waals surface area contributed by atoms with Crippen LogP contribution in [0.25, 0.3) is 0 Å². The average molecular weight is 307 g/mol. The van der Waals surface area contributed by atoms with Crippen LogP contribution in [0, 0.1) is 0 Å². The topological polar surface area (TPSA) is 44.8 Å². The summed E-state index contributed by atoms with van der Waals surface area (Å²) in [6, 6.07) is 0. The van der Waals surface area contributed by atoms with Crippen molar-refractivity contribution in [3.63, 3.8) is 0 Å². The van der Waals surface area contributed by atoms with Gasteiger partial charge < -0.3 is 13.6 Å². The summed E-state index contributed by atoms with van der Waals surface area (Å²) < 4.78 is 17.3. The molecular formula is C11H26O4Si3. The van der Waals surface area contributed by atoms with Crippen molar-refractivity contribution in [1.82, 2.24) is 0 Å². The molecule has 106 valence electrons. The summed E-state index contributed by atoms with van der Waals surface area (Å²) in [6.07, 6.45) is 1.16. The number of hydrogen-bond donors (Lipinski definition) is 0. The fourth-order valence-corrected chi connectivity index (χ4v) is 8.33. The number of carbonyl (C=O) groups is 1. The molecule has 0 aliphatic rings. The number of hydrogen-bond acceptors (Lipinski definition) is 4. The van der Waals surface area contributed by atoms with Crippen LogP contribution < -0.4 is 0 Å². The normalized spacial score (nSPS) is 13.4. The van der Waals surface area contributed by atoms with Gasteiger partial charge in [-0.2, -0.15) is 0 Å². The summed E-state index contributed by atoms with van der Waals surface area (Å²) in [7, 11) is -2.87. The van der Waals surface area contributed by atoms with E-state index in [1.807, 2.05) is 0 Å². The molecule has 0 saturated heterocycles. The first-order chi connectivity index (χ1) is 7.87. The first-order valence-electron chi connectivity index (χ1n) is 6.06. The van der Waals surface area contributed by atoms with Gasteiger partial charge in [0.05, 0.1) is 10.2 Å². The van der Waals surface area contributed by atoms with Crippen LogP contribution in [0.4, 0.5) is 0 Å². The molecule has 0 unspecified atom stereocenters. The van der Waals surface area contributed by atoms with Gasteiger partial charge in [-0.05, 0) is 39.3 Å². The highest BCUT2D eigenvalue weighted by molar-refractivity contribution is 6.71. The molecule has 0 heterocycles. The Morgan fingerprint density at radius 3 is 1.83 bits per heavy atom. The van der Waals surface area contributed by atoms with Crippen molar-refractivity contribution in [1.29, 1.82) is 0 Å². The van der Waals surface area contributed by atoms with Gasteiger partial charge in [-0.15, -0.1) is 0 Å². The number of ether oxygens (including phenoxy) is 1. The fourth-order valence-electron chi connectivity index (χ4n) is 1.64. The Labute approximate surface area is 115 Å². The Balaban J connectivity index is 4.80. The molecule has 0 atom stereocenters. The summed E-state index contributed by atoms with van der Waals surface area (Å²) in [5.74, 6) is -0.437. The SMILES string of the molecule is C=CC(=O)OCC([SiH3])(O[Si](C)(C)C)O[Si](C)(C)C. The number of esters is 1. The quantitative estimate of drug-likeness (QED) is 0.309. The lowest BCUT2D eigenvalue weighted by Crippen LogP contribution is -2.53. The van der Waals surface area contributed by atoms with Crippen LogP contribution in [0.3, 0.4) is 0 Å². The maximum absolute atomic E-state index is 11.2. The monoisotopic (exact) mass is 306 g/mol. The molecule has 0 N–H and O–H groups in total. The second-order valence-corrected chi connectivity index (χ2v) is 16.8. The van der Waals surface area contributed by atoms with Crippen LogP contribution in [0.15, 0.2) is 12.7 Å². The molecule has 0 aromatic heterocycles. The molecule has 0 saturated carbocycles. The van der Waals surface area contributed by atoms with E-state index < -0.39 is 28.0 Å². The van der Waals surface area contributed by atoms with E-state index in [4.69, 9.17) is 13.6 Å². The van der Waals surface area contributed by atoms with E-state index in [-0.39, 0.29) is 6.61 Å². The Kier molecular flexibility index (Phi) is 6.21. The van der Waals surface area contributed by atoms with Crippen molar-refractivity contribution >= 4 is 32.8 Å². The van der Waals surface area contributed by atoms with E-state index in [1.54, 1.807) is 0 Å². The van der Waals surface area contributed by atoms with E-state index in [2.05, 4.69) is 45.9 Å². The smallest absolute Gasteiger partial charge is 0.330 e. The third-order valence-corrected chi connectivity index (χ3v) is 5.29. The molecule has 0 aliphatic heterocycles. The minimum Gasteiger partial charge on any atom is -0.457 e. The zero-order valence-corrected chi connectivity index (χ0v) is 16.6. The Bertz CT molecular complexity index is 288. The van der Waals surface area contributed by atoms with Gasteiger partial charge in [0.2, 0.25) is 0 Å². The van der Waals surface area contributed by atoms with Gasteiger partial charge in [0, 0.05) is 6.08 Å². The maximum atomic E-state index is 11.2. The van der Waals surface area contributed by atoms with Gasteiger partial charge in [-0.1, -0.05) is 6.58 Å². The van der Waals surface area contributed by atoms with Gasteiger partial charge in [-0.3, -0.25) is 0 Å². The Morgan fingerprint density at radius 2 is 1.56 bits per heavy atom. The largest absolute Gasteiger partial charge is 0.457 e. The molecule has 0 aliphatic carbocycles. The summed E-state index contributed by atoms with van der Waals surface area (Å²) >= 11 is 0. The lowest BCUT2D eigenvalue weighted by atomic mass is 10.6. The summed E-state index contributed by atoms with van der Waals surface area (Å²) in [6.45, 7) is 16.1. The van der Waals surface area contributed by atoms with Crippen molar-refractivity contribution in [3.8, 4) is 0 Å². The molecule has 0 aromatic carbocycles. The van der Waals surface area contributed by atoms with Crippen LogP contribution in [0.2, 0.25) is 39.3 Å². The highest BCUT2D eigenvalue weighted by atomic mass is 28.4. The Hall–Kier alpha value is -0.219. The molecule has 4 nitrogen and oxygen atoms in total. The molecule has 18 heavy (non-hydrogen) atoms. The van der Waals surface area contributed by atoms with Crippen molar-refractivity contribution in [3.05, 3.63) is 12.7 Å². The maximum Gasteiger partial charge on any atom is 0.330 e. The predicted molar refractivity (Wildman–Crippen MR) is 82.7 cm³/mol. The summed E-state index contributed by atoms with van der Waals surface area (Å²) in [5, 5.41) is 0. The fraction of sp³-hybridized carbons (Fsp3) is 0.727. The molecule has 0 amide bonds. The van der Waals surface area contributed by atoms with E-state index in [1.165, 1.54) is 0 Å². The third-order valence-electron chi connectivity index (χ3n) is 1.69. The van der Waals surface area contributed by atoms with Gasteiger partial charge in [0.1, 0.15) is 6.61 Å². The van der Waals surface area contributed by atoms with Crippen molar-refractivity contribution in [2.45, 2.75) is 44.7 Å². The van der Waals surface area contributed by atoms with Crippen LogP contribution in [-0.2, 0) is 18.4 Å². The van der Waals surface area contributed by atoms with E-state index in [0.717, 1.165) is 6.08 Å². The molecular weight excluding hydrogens is 280 g/mol. The molecule has 0 radical (unpaired) electrons. The van der Waals surface area contributed by atoms with E-state index >= 15 is 0 Å². The zero-order chi connectivity index (χ0) is 14.6. The Morgan fingerprint density at radius 1 is 1.17 bits per heavy atom. The molecule has 0 fully saturated rings. The van der Waals surface area contributed by atoms with E-state index in [0.29, 0.717) is 10.2 Å². The minimum absolute atomic E-state index is 0.151. The van der Waals surface area contributed by atoms with Crippen LogP contribution >= 0.6 is 0 Å². The van der Waals surface area contributed by atoms with Crippen molar-refractivity contribution in [2.24, 2.45) is 0 Å². The summed E-state index contributed by atoms with van der Waals surface area (Å²) in [5.41, 5.74) is -0.729. The van der Waals surface area contributed by atoms with Gasteiger partial charge in [-0.25, -0.2) is 4.79 Å². The molecule has 0 rings (SSSR count). The minimum atomic E-state index is -1.76. The first kappa shape index (κ1) is 17.8. The molecule has 0 spiro atoms. The second-order valence-electron chi connectivity index (χ2n) is 6.37. The molecule has 0 aromatic rings. The van der Waals surface area contributed by atoms with Gasteiger partial charge in [0.25, 0.3) is 0 Å². The number of rotatable bonds is 7. The number of carbonyl (C=O) groups excluding carboxylic acids is 1. The highest BCUT2D eigenvalue weighted by Gasteiger charge is 2.37. The summed E-state index contributed by atoms with van der Waals surface area (Å²) in [4.78, 5) is 11.2. The second kappa shape index (κ2) is 6.29. The van der Waals surface area contributed by atoms with Crippen LogP contribution in [0.1, 0.15) is 0 Å². The van der Waals surface area contributed by atoms with Crippen LogP contribution in [-0.4, -0.2) is 44.9 Å². The molecule has 0 bridgehead atoms. The zero-order valence-electron chi connectivity index (χ0n) is 12.6. The third kappa shape index (κ3) is 8.81. The van der Waals surface area contributed by atoms with E-state index in [9.17, 15) is 4.79 Å². The van der Waals surface area contributed by atoms with Gasteiger partial charge in [0.15, 0.2) is 22.0 Å². The lowest BCUT2D eigenvalue weighted by Gasteiger charge is -2.40. The lowest BCUT2D eigenvalue weighted by molar-refractivity contribution is -0.153. The standard InChI is InChI=1S/C11H26O4Si3/c1-8-10(12)13-9-11(16,14-17(2,3)4)15-18(5,6)7/h8H,1,9H2,2-7,16H3. The molecule has 7 heteroatoms. The van der Waals surface area contributed by atoms with Gasteiger partial charge >= 0.3 is 5.97 Å². The predicted octanol–water partition coefficient (Wildman–Crippen LogP) is 1.44. The highest BCUT2D eigenvalue weighted by Crippen LogP contribution is 2.22. The first-order valence-corrected chi connectivity index (χ1v) is 13.9. The van der Waals surface area contributed by atoms with Crippen molar-refractivity contribution < 1.29 is 18.4 Å². The van der Waals surface area contributed by atoms with Crippen molar-refractivity contribution in [2.75, 3.05) is 6.61 Å². The van der Waals surface area contributed by atoms with Crippen LogP contribution in [0.5, 0.6) is 0 Å².